The van der Waals surface area contributed by atoms with Crippen molar-refractivity contribution in [2.75, 3.05) is 0 Å². The van der Waals surface area contributed by atoms with Crippen molar-refractivity contribution in [3.05, 3.63) is 35.9 Å². The Morgan fingerprint density at radius 2 is 2.07 bits per heavy atom. The second-order valence-electron chi connectivity index (χ2n) is 4.37. The number of nitrogens with two attached hydrogens (primary N) is 1. The largest absolute Gasteiger partial charge is 0.327 e. The van der Waals surface area contributed by atoms with Gasteiger partial charge in [-0.25, -0.2) is 0 Å². The zero-order valence-corrected chi connectivity index (χ0v) is 8.82. The fraction of sp³-hybridized carbons (Fsp3) is 0.538. The van der Waals surface area contributed by atoms with E-state index in [4.69, 9.17) is 5.73 Å². The molecule has 0 aliphatic heterocycles. The maximum Gasteiger partial charge on any atom is 0.00731 e. The van der Waals surface area contributed by atoms with Gasteiger partial charge in [-0.2, -0.15) is 0 Å². The predicted octanol–water partition coefficient (Wildman–Crippen LogP) is 2.92. The van der Waals surface area contributed by atoms with E-state index in [1.54, 1.807) is 0 Å². The average molecular weight is 189 g/mol. The van der Waals surface area contributed by atoms with Crippen LogP contribution < -0.4 is 5.73 Å². The van der Waals surface area contributed by atoms with Gasteiger partial charge in [-0.1, -0.05) is 43.7 Å². The highest BCUT2D eigenvalue weighted by Crippen LogP contribution is 2.49. The molecule has 1 aliphatic rings. The molecule has 3 atom stereocenters. The van der Waals surface area contributed by atoms with Crippen LogP contribution in [-0.2, 0) is 0 Å². The summed E-state index contributed by atoms with van der Waals surface area (Å²) in [6.45, 7) is 2.21. The van der Waals surface area contributed by atoms with Gasteiger partial charge in [0.05, 0.1) is 0 Å². The lowest BCUT2D eigenvalue weighted by molar-refractivity contribution is 0.532. The van der Waals surface area contributed by atoms with E-state index >= 15 is 0 Å². The molecule has 0 aromatic heterocycles. The van der Waals surface area contributed by atoms with E-state index in [2.05, 4.69) is 37.3 Å². The zero-order valence-electron chi connectivity index (χ0n) is 8.82. The molecule has 1 aromatic carbocycles. The lowest BCUT2D eigenvalue weighted by atomic mass is 10.0. The Bertz CT molecular complexity index is 281. The maximum absolute atomic E-state index is 6.12. The molecule has 0 spiro atoms. The smallest absolute Gasteiger partial charge is 0.00731 e. The van der Waals surface area contributed by atoms with Crippen LogP contribution in [0.1, 0.15) is 37.7 Å². The molecule has 76 valence electrons. The van der Waals surface area contributed by atoms with E-state index in [0.717, 1.165) is 11.8 Å². The third-order valence-corrected chi connectivity index (χ3v) is 3.24. The SMILES string of the molecule is CCCC(N)C1CC1c1ccccc1. The number of benzene rings is 1. The third-order valence-electron chi connectivity index (χ3n) is 3.24. The molecule has 0 heterocycles. The molecule has 1 saturated carbocycles. The number of hydrogen-bond acceptors (Lipinski definition) is 1. The van der Waals surface area contributed by atoms with Gasteiger partial charge in [0.2, 0.25) is 0 Å². The normalized spacial score (nSPS) is 27.3. The van der Waals surface area contributed by atoms with Crippen LogP contribution in [0.2, 0.25) is 0 Å². The Labute approximate surface area is 86.3 Å². The van der Waals surface area contributed by atoms with Gasteiger partial charge in [0.25, 0.3) is 0 Å². The highest BCUT2D eigenvalue weighted by atomic mass is 14.7. The minimum Gasteiger partial charge on any atom is -0.327 e. The van der Waals surface area contributed by atoms with Crippen LogP contribution in [-0.4, -0.2) is 6.04 Å². The Hall–Kier alpha value is -0.820. The first kappa shape index (κ1) is 9.72. The maximum atomic E-state index is 6.12. The molecular weight excluding hydrogens is 170 g/mol. The number of rotatable bonds is 4. The summed E-state index contributed by atoms with van der Waals surface area (Å²) in [5.41, 5.74) is 7.59. The molecule has 3 unspecified atom stereocenters. The fourth-order valence-corrected chi connectivity index (χ4v) is 2.32. The molecule has 1 aliphatic carbocycles. The van der Waals surface area contributed by atoms with Gasteiger partial charge < -0.3 is 5.73 Å². The summed E-state index contributed by atoms with van der Waals surface area (Å²) in [7, 11) is 0. The van der Waals surface area contributed by atoms with Gasteiger partial charge in [-0.05, 0) is 30.2 Å². The Morgan fingerprint density at radius 1 is 1.36 bits per heavy atom. The minimum atomic E-state index is 0.421. The molecule has 2 rings (SSSR count). The first-order chi connectivity index (χ1) is 6.83. The summed E-state index contributed by atoms with van der Waals surface area (Å²) in [5.74, 6) is 1.50. The van der Waals surface area contributed by atoms with Crippen molar-refractivity contribution in [3.8, 4) is 0 Å². The second kappa shape index (κ2) is 4.14. The lowest BCUT2D eigenvalue weighted by Crippen LogP contribution is -2.22. The van der Waals surface area contributed by atoms with E-state index < -0.39 is 0 Å². The van der Waals surface area contributed by atoms with Gasteiger partial charge in [-0.3, -0.25) is 0 Å². The molecule has 1 aromatic rings. The van der Waals surface area contributed by atoms with Gasteiger partial charge in [0, 0.05) is 6.04 Å². The molecule has 1 fully saturated rings. The average Bonchev–Trinajstić information content (AvgIpc) is 2.99. The Kier molecular flexibility index (Phi) is 2.87. The van der Waals surface area contributed by atoms with Crippen molar-refractivity contribution < 1.29 is 0 Å². The Balaban J connectivity index is 1.93. The fourth-order valence-electron chi connectivity index (χ4n) is 2.32. The first-order valence-electron chi connectivity index (χ1n) is 5.63. The second-order valence-corrected chi connectivity index (χ2v) is 4.37. The van der Waals surface area contributed by atoms with E-state index in [9.17, 15) is 0 Å². The van der Waals surface area contributed by atoms with Crippen LogP contribution in [0.4, 0.5) is 0 Å². The van der Waals surface area contributed by atoms with Crippen LogP contribution in [0.15, 0.2) is 30.3 Å². The molecule has 2 N–H and O–H groups in total. The quantitative estimate of drug-likeness (QED) is 0.774. The van der Waals surface area contributed by atoms with Crippen LogP contribution in [0.5, 0.6) is 0 Å². The zero-order chi connectivity index (χ0) is 9.97. The molecule has 14 heavy (non-hydrogen) atoms. The van der Waals surface area contributed by atoms with Crippen molar-refractivity contribution in [2.24, 2.45) is 11.7 Å². The van der Waals surface area contributed by atoms with Crippen LogP contribution in [0, 0.1) is 5.92 Å². The van der Waals surface area contributed by atoms with Gasteiger partial charge in [0.1, 0.15) is 0 Å². The topological polar surface area (TPSA) is 26.0 Å². The van der Waals surface area contributed by atoms with Crippen LogP contribution >= 0.6 is 0 Å². The van der Waals surface area contributed by atoms with E-state index in [1.165, 1.54) is 24.8 Å². The molecule has 0 amide bonds. The monoisotopic (exact) mass is 189 g/mol. The number of hydrogen-bond donors (Lipinski definition) is 1. The van der Waals surface area contributed by atoms with Crippen LogP contribution in [0.25, 0.3) is 0 Å². The van der Waals surface area contributed by atoms with Gasteiger partial charge in [0.15, 0.2) is 0 Å². The highest BCUT2D eigenvalue weighted by molar-refractivity contribution is 5.26. The van der Waals surface area contributed by atoms with Crippen molar-refractivity contribution >= 4 is 0 Å². The summed E-state index contributed by atoms with van der Waals surface area (Å²) >= 11 is 0. The molecule has 0 bridgehead atoms. The summed E-state index contributed by atoms with van der Waals surface area (Å²) in [4.78, 5) is 0. The molecule has 0 saturated heterocycles. The minimum absolute atomic E-state index is 0.421. The molecule has 1 nitrogen and oxygen atoms in total. The van der Waals surface area contributed by atoms with Crippen molar-refractivity contribution in [1.29, 1.82) is 0 Å². The van der Waals surface area contributed by atoms with E-state index in [0.29, 0.717) is 6.04 Å². The molecule has 1 heteroatoms. The Morgan fingerprint density at radius 3 is 2.71 bits per heavy atom. The third kappa shape index (κ3) is 1.98. The van der Waals surface area contributed by atoms with Crippen molar-refractivity contribution in [3.63, 3.8) is 0 Å². The lowest BCUT2D eigenvalue weighted by Gasteiger charge is -2.09. The summed E-state index contributed by atoms with van der Waals surface area (Å²) in [6, 6.07) is 11.2. The highest BCUT2D eigenvalue weighted by Gasteiger charge is 2.41. The standard InChI is InChI=1S/C13H19N/c1-2-6-13(14)12-9-11(12)10-7-4-3-5-8-10/h3-5,7-8,11-13H,2,6,9,14H2,1H3. The summed E-state index contributed by atoms with van der Waals surface area (Å²) in [6.07, 6.45) is 3.68. The van der Waals surface area contributed by atoms with Crippen LogP contribution in [0.3, 0.4) is 0 Å². The summed E-state index contributed by atoms with van der Waals surface area (Å²) < 4.78 is 0. The van der Waals surface area contributed by atoms with Gasteiger partial charge in [-0.15, -0.1) is 0 Å². The van der Waals surface area contributed by atoms with E-state index in [1.807, 2.05) is 0 Å². The summed E-state index contributed by atoms with van der Waals surface area (Å²) in [5, 5.41) is 0. The molecular formula is C13H19N. The van der Waals surface area contributed by atoms with Crippen molar-refractivity contribution in [2.45, 2.75) is 38.1 Å². The molecule has 0 radical (unpaired) electrons. The predicted molar refractivity (Wildman–Crippen MR) is 60.2 cm³/mol. The first-order valence-corrected chi connectivity index (χ1v) is 5.63. The van der Waals surface area contributed by atoms with Crippen molar-refractivity contribution in [1.82, 2.24) is 0 Å². The van der Waals surface area contributed by atoms with E-state index in [-0.39, 0.29) is 0 Å². The van der Waals surface area contributed by atoms with Gasteiger partial charge >= 0.3 is 0 Å².